The maximum Gasteiger partial charge on any atom is 0.185 e. The number of hydrogen-bond acceptors (Lipinski definition) is 4. The fourth-order valence-electron chi connectivity index (χ4n) is 3.88. The van der Waals surface area contributed by atoms with Crippen molar-refractivity contribution >= 4 is 16.5 Å². The van der Waals surface area contributed by atoms with Gasteiger partial charge in [-0.15, -0.1) is 11.3 Å². The second-order valence-electron chi connectivity index (χ2n) is 6.27. The molecule has 0 radical (unpaired) electrons. The molecule has 2 heterocycles. The smallest absolute Gasteiger partial charge is 0.185 e. The lowest BCUT2D eigenvalue weighted by Crippen LogP contribution is -2.34. The summed E-state index contributed by atoms with van der Waals surface area (Å²) in [6, 6.07) is 1.20. The van der Waals surface area contributed by atoms with Gasteiger partial charge in [-0.05, 0) is 45.1 Å². The molecule has 3 rings (SSSR count). The molecule has 0 spiro atoms. The third kappa shape index (κ3) is 2.86. The van der Waals surface area contributed by atoms with Crippen LogP contribution in [0.1, 0.15) is 63.3 Å². The van der Waals surface area contributed by atoms with Crippen LogP contribution in [0, 0.1) is 5.92 Å². The quantitative estimate of drug-likeness (QED) is 0.890. The Hall–Kier alpha value is -0.610. The van der Waals surface area contributed by atoms with Crippen molar-refractivity contribution in [3.63, 3.8) is 0 Å². The summed E-state index contributed by atoms with van der Waals surface area (Å²) in [6.45, 7) is 6.63. The minimum absolute atomic E-state index is 0.429. The summed E-state index contributed by atoms with van der Waals surface area (Å²) in [5.41, 5.74) is 0. The van der Waals surface area contributed by atoms with Crippen molar-refractivity contribution in [1.82, 2.24) is 10.3 Å². The number of hydrogen-bond donors (Lipinski definition) is 1. The first-order valence-corrected chi connectivity index (χ1v) is 9.07. The average molecular weight is 293 g/mol. The Kier molecular flexibility index (Phi) is 4.61. The van der Waals surface area contributed by atoms with Crippen molar-refractivity contribution in [3.8, 4) is 0 Å². The molecule has 4 heteroatoms. The van der Waals surface area contributed by atoms with Gasteiger partial charge in [-0.2, -0.15) is 0 Å². The van der Waals surface area contributed by atoms with E-state index in [-0.39, 0.29) is 0 Å². The molecular formula is C16H27N3S. The Morgan fingerprint density at radius 3 is 2.90 bits per heavy atom. The second-order valence-corrected chi connectivity index (χ2v) is 7.31. The molecule has 1 N–H and O–H groups in total. The van der Waals surface area contributed by atoms with E-state index in [1.54, 1.807) is 0 Å². The summed E-state index contributed by atoms with van der Waals surface area (Å²) in [5.74, 6) is 0.927. The lowest BCUT2D eigenvalue weighted by molar-refractivity contribution is 0.430. The minimum atomic E-state index is 0.429. The monoisotopic (exact) mass is 293 g/mol. The van der Waals surface area contributed by atoms with Crippen LogP contribution in [0.15, 0.2) is 6.20 Å². The Morgan fingerprint density at radius 2 is 2.15 bits per heavy atom. The zero-order valence-corrected chi connectivity index (χ0v) is 13.6. The van der Waals surface area contributed by atoms with Crippen molar-refractivity contribution in [2.45, 2.75) is 64.5 Å². The molecule has 2 unspecified atom stereocenters. The molecule has 112 valence electrons. The van der Waals surface area contributed by atoms with Crippen LogP contribution in [-0.4, -0.2) is 24.1 Å². The molecule has 3 nitrogen and oxygen atoms in total. The highest BCUT2D eigenvalue weighted by Gasteiger charge is 2.34. The summed E-state index contributed by atoms with van der Waals surface area (Å²) in [5, 5.41) is 4.75. The van der Waals surface area contributed by atoms with Crippen molar-refractivity contribution in [2.24, 2.45) is 5.92 Å². The normalized spacial score (nSPS) is 25.5. The topological polar surface area (TPSA) is 28.2 Å². The number of rotatable bonds is 5. The Morgan fingerprint density at radius 1 is 1.35 bits per heavy atom. The Balaban J connectivity index is 1.71. The van der Waals surface area contributed by atoms with Crippen molar-refractivity contribution in [3.05, 3.63) is 11.1 Å². The zero-order chi connectivity index (χ0) is 13.9. The molecule has 2 aliphatic rings. The summed E-state index contributed by atoms with van der Waals surface area (Å²) >= 11 is 1.89. The van der Waals surface area contributed by atoms with E-state index in [2.05, 4.69) is 30.3 Å². The van der Waals surface area contributed by atoms with Gasteiger partial charge in [0.05, 0.1) is 0 Å². The number of aromatic nitrogens is 1. The van der Waals surface area contributed by atoms with E-state index in [1.165, 1.54) is 55.1 Å². The third-order valence-electron chi connectivity index (χ3n) is 4.94. The van der Waals surface area contributed by atoms with Gasteiger partial charge in [-0.25, -0.2) is 4.98 Å². The first-order valence-electron chi connectivity index (χ1n) is 8.25. The third-order valence-corrected chi connectivity index (χ3v) is 6.15. The van der Waals surface area contributed by atoms with Crippen LogP contribution in [-0.2, 0) is 0 Å². The van der Waals surface area contributed by atoms with Crippen LogP contribution >= 0.6 is 11.3 Å². The van der Waals surface area contributed by atoms with E-state index < -0.39 is 0 Å². The summed E-state index contributed by atoms with van der Waals surface area (Å²) in [6.07, 6.45) is 10.6. The molecule has 2 atom stereocenters. The SMILES string of the molecule is CCNC(C)c1cnc(N2CCCC2C2CCCC2)s1. The number of nitrogens with zero attached hydrogens (tertiary/aromatic N) is 2. The van der Waals surface area contributed by atoms with E-state index in [0.717, 1.165) is 18.5 Å². The maximum atomic E-state index is 4.73. The van der Waals surface area contributed by atoms with Crippen LogP contribution in [0.5, 0.6) is 0 Å². The fraction of sp³-hybridized carbons (Fsp3) is 0.812. The van der Waals surface area contributed by atoms with Crippen LogP contribution in [0.3, 0.4) is 0 Å². The van der Waals surface area contributed by atoms with Crippen LogP contribution in [0.2, 0.25) is 0 Å². The molecule has 2 fully saturated rings. The van der Waals surface area contributed by atoms with Gasteiger partial charge in [0.15, 0.2) is 5.13 Å². The van der Waals surface area contributed by atoms with Crippen LogP contribution in [0.4, 0.5) is 5.13 Å². The van der Waals surface area contributed by atoms with Crippen molar-refractivity contribution in [2.75, 3.05) is 18.0 Å². The summed E-state index contributed by atoms with van der Waals surface area (Å²) in [7, 11) is 0. The maximum absolute atomic E-state index is 4.73. The highest BCUT2D eigenvalue weighted by Crippen LogP contribution is 2.39. The average Bonchev–Trinajstić information content (AvgIpc) is 3.19. The first kappa shape index (κ1) is 14.3. The van der Waals surface area contributed by atoms with Gasteiger partial charge in [-0.3, -0.25) is 0 Å². The van der Waals surface area contributed by atoms with E-state index in [1.807, 2.05) is 11.3 Å². The van der Waals surface area contributed by atoms with Gasteiger partial charge in [0.25, 0.3) is 0 Å². The standard InChI is InChI=1S/C16H27N3S/c1-3-17-12(2)15-11-18-16(20-15)19-10-6-9-14(19)13-7-4-5-8-13/h11-14,17H,3-10H2,1-2H3. The van der Waals surface area contributed by atoms with E-state index in [4.69, 9.17) is 4.98 Å². The molecule has 1 aromatic rings. The molecular weight excluding hydrogens is 266 g/mol. The molecule has 1 aliphatic heterocycles. The van der Waals surface area contributed by atoms with E-state index in [0.29, 0.717) is 6.04 Å². The summed E-state index contributed by atoms with van der Waals surface area (Å²) < 4.78 is 0. The first-order chi connectivity index (χ1) is 9.79. The predicted octanol–water partition coefficient (Wildman–Crippen LogP) is 3.97. The number of anilines is 1. The highest BCUT2D eigenvalue weighted by molar-refractivity contribution is 7.15. The van der Waals surface area contributed by atoms with Gasteiger partial charge in [0, 0.05) is 29.7 Å². The Labute approximate surface area is 126 Å². The molecule has 20 heavy (non-hydrogen) atoms. The largest absolute Gasteiger partial charge is 0.345 e. The van der Waals surface area contributed by atoms with E-state index in [9.17, 15) is 0 Å². The molecule has 1 aromatic heterocycles. The van der Waals surface area contributed by atoms with Gasteiger partial charge >= 0.3 is 0 Å². The van der Waals surface area contributed by atoms with Crippen LogP contribution < -0.4 is 10.2 Å². The van der Waals surface area contributed by atoms with Gasteiger partial charge in [0.1, 0.15) is 0 Å². The molecule has 1 saturated heterocycles. The predicted molar refractivity (Wildman–Crippen MR) is 86.5 cm³/mol. The van der Waals surface area contributed by atoms with Crippen LogP contribution in [0.25, 0.3) is 0 Å². The van der Waals surface area contributed by atoms with Crippen molar-refractivity contribution < 1.29 is 0 Å². The number of thiazole rings is 1. The van der Waals surface area contributed by atoms with Gasteiger partial charge in [0.2, 0.25) is 0 Å². The Bertz CT molecular complexity index is 425. The molecule has 0 bridgehead atoms. The van der Waals surface area contributed by atoms with Crippen molar-refractivity contribution in [1.29, 1.82) is 0 Å². The fourth-order valence-corrected chi connectivity index (χ4v) is 4.90. The molecule has 0 aromatic carbocycles. The summed E-state index contributed by atoms with van der Waals surface area (Å²) in [4.78, 5) is 8.72. The molecule has 0 amide bonds. The second kappa shape index (κ2) is 6.44. The molecule has 1 aliphatic carbocycles. The van der Waals surface area contributed by atoms with E-state index >= 15 is 0 Å². The highest BCUT2D eigenvalue weighted by atomic mass is 32.1. The van der Waals surface area contributed by atoms with Gasteiger partial charge < -0.3 is 10.2 Å². The number of nitrogens with one attached hydrogen (secondary N) is 1. The minimum Gasteiger partial charge on any atom is -0.345 e. The molecule has 1 saturated carbocycles. The van der Waals surface area contributed by atoms with Gasteiger partial charge in [-0.1, -0.05) is 19.8 Å². The lowest BCUT2D eigenvalue weighted by atomic mass is 9.96. The lowest BCUT2D eigenvalue weighted by Gasteiger charge is -2.29. The zero-order valence-electron chi connectivity index (χ0n) is 12.8.